The van der Waals surface area contributed by atoms with E-state index in [1.165, 1.54) is 24.3 Å². The molecular weight excluding hydrogens is 789 g/mol. The third kappa shape index (κ3) is 24.7. The summed E-state index contributed by atoms with van der Waals surface area (Å²) < 4.78 is 17.7. The highest BCUT2D eigenvalue weighted by Gasteiger charge is 2.16. The van der Waals surface area contributed by atoms with E-state index in [-0.39, 0.29) is 30.2 Å². The number of pyridine rings is 3. The van der Waals surface area contributed by atoms with Crippen molar-refractivity contribution in [1.82, 2.24) is 25.6 Å². The third-order valence-electron chi connectivity index (χ3n) is 6.80. The Morgan fingerprint density at radius 2 is 1.29 bits per heavy atom. The fraction of sp³-hybridized carbons (Fsp3) is 0.244. The Labute approximate surface area is 347 Å². The SMILES string of the molecule is CN(CCO)c1ccccn1.CN(CCOc1ccc(C=O)cc1)c1ccccn1.CNCCO.Clc1ccccn1.O=C1CSC(=O)N1.O=Cc1ccc(F)cc1. The number of rotatable bonds is 12. The number of aliphatic hydroxyl groups excluding tert-OH is 2. The lowest BCUT2D eigenvalue weighted by molar-refractivity contribution is -0.117. The molecule has 1 aliphatic rings. The molecule has 1 aliphatic heterocycles. The number of amides is 2. The van der Waals surface area contributed by atoms with Gasteiger partial charge in [0, 0.05) is 56.9 Å². The number of benzene rings is 2. The van der Waals surface area contributed by atoms with Crippen LogP contribution in [0.2, 0.25) is 5.15 Å². The second-order valence-electron chi connectivity index (χ2n) is 11.3. The van der Waals surface area contributed by atoms with E-state index in [4.69, 9.17) is 26.6 Å². The summed E-state index contributed by atoms with van der Waals surface area (Å²) in [7, 11) is 5.68. The number of ether oxygens (including phenoxy) is 1. The Morgan fingerprint density at radius 1 is 0.776 bits per heavy atom. The summed E-state index contributed by atoms with van der Waals surface area (Å²) in [6.07, 6.45) is 6.66. The number of aldehydes is 2. The van der Waals surface area contributed by atoms with Gasteiger partial charge in [-0.05, 0) is 92.0 Å². The molecule has 17 heteroatoms. The van der Waals surface area contributed by atoms with E-state index in [0.29, 0.717) is 48.0 Å². The number of hydrogen-bond donors (Lipinski definition) is 4. The number of thioether (sulfide) groups is 1. The number of aromatic nitrogens is 3. The first kappa shape index (κ1) is 50.2. The van der Waals surface area contributed by atoms with Crippen LogP contribution in [-0.4, -0.2) is 115 Å². The highest BCUT2D eigenvalue weighted by atomic mass is 35.5. The first-order valence-electron chi connectivity index (χ1n) is 17.6. The largest absolute Gasteiger partial charge is 0.492 e. The fourth-order valence-corrected chi connectivity index (χ4v) is 4.44. The Bertz CT molecular complexity index is 1810. The second-order valence-corrected chi connectivity index (χ2v) is 12.6. The van der Waals surface area contributed by atoms with Gasteiger partial charge in [0.2, 0.25) is 5.91 Å². The van der Waals surface area contributed by atoms with Crippen molar-refractivity contribution in [3.63, 3.8) is 0 Å². The molecule has 0 aliphatic carbocycles. The molecule has 0 saturated carbocycles. The van der Waals surface area contributed by atoms with Crippen molar-refractivity contribution in [2.24, 2.45) is 0 Å². The van der Waals surface area contributed by atoms with E-state index < -0.39 is 0 Å². The molecular formula is C41H49ClFN7O7S. The molecule has 3 aromatic heterocycles. The lowest BCUT2D eigenvalue weighted by Crippen LogP contribution is -2.24. The highest BCUT2D eigenvalue weighted by molar-refractivity contribution is 8.14. The van der Waals surface area contributed by atoms with E-state index in [1.54, 1.807) is 56.0 Å². The van der Waals surface area contributed by atoms with Gasteiger partial charge in [0.05, 0.1) is 25.5 Å². The van der Waals surface area contributed by atoms with Crippen LogP contribution in [0, 0.1) is 5.82 Å². The van der Waals surface area contributed by atoms with Gasteiger partial charge in [-0.15, -0.1) is 0 Å². The Balaban J connectivity index is 0.000000371. The number of hydrogen-bond acceptors (Lipinski definition) is 14. The lowest BCUT2D eigenvalue weighted by Gasteiger charge is -2.18. The molecule has 0 atom stereocenters. The third-order valence-corrected chi connectivity index (χ3v) is 7.79. The summed E-state index contributed by atoms with van der Waals surface area (Å²) in [5.74, 6) is 2.36. The average Bonchev–Trinajstić information content (AvgIpc) is 3.65. The predicted molar refractivity (Wildman–Crippen MR) is 227 cm³/mol. The average molecular weight is 838 g/mol. The molecule has 0 radical (unpaired) electrons. The zero-order valence-corrected chi connectivity index (χ0v) is 34.1. The van der Waals surface area contributed by atoms with Gasteiger partial charge in [-0.2, -0.15) is 0 Å². The van der Waals surface area contributed by atoms with Gasteiger partial charge in [0.1, 0.15) is 47.5 Å². The van der Waals surface area contributed by atoms with Crippen molar-refractivity contribution in [3.05, 3.63) is 144 Å². The quantitative estimate of drug-likeness (QED) is 0.0917. The molecule has 0 spiro atoms. The number of carbonyl (C=O) groups is 4. The zero-order valence-electron chi connectivity index (χ0n) is 32.5. The minimum Gasteiger partial charge on any atom is -0.492 e. The number of imide groups is 1. The summed E-state index contributed by atoms with van der Waals surface area (Å²) in [4.78, 5) is 56.7. The van der Waals surface area contributed by atoms with Crippen LogP contribution in [0.3, 0.4) is 0 Å². The van der Waals surface area contributed by atoms with Gasteiger partial charge < -0.3 is 30.1 Å². The molecule has 2 amide bonds. The summed E-state index contributed by atoms with van der Waals surface area (Å²) in [6, 6.07) is 29.4. The minimum absolute atomic E-state index is 0.160. The van der Waals surface area contributed by atoms with Crippen LogP contribution in [0.1, 0.15) is 20.7 Å². The standard InChI is InChI=1S/C15H16N2O2.C8H12N2O.C7H5FO.C5H4ClN.C3H3NO2S.C3H9NO/c1-17(15-4-2-3-9-16-15)10-11-19-14-7-5-13(12-18)6-8-14;1-10(6-7-11)8-4-2-3-5-9-8;8-7-3-1-6(5-9)2-4-7;6-5-3-1-2-4-7-5;5-2-1-7-3(6)4-2;1-4-2-3-5/h2-9,12H,10-11H2,1H3;2-5,11H,6-7H2,1H3;1-5H;1-4H;1H2,(H,4,5,6);4-5H,2-3H2,1H3. The number of halogens is 2. The van der Waals surface area contributed by atoms with Gasteiger partial charge >= 0.3 is 0 Å². The first-order valence-corrected chi connectivity index (χ1v) is 19.0. The maximum atomic E-state index is 12.1. The van der Waals surface area contributed by atoms with Crippen molar-refractivity contribution < 1.29 is 38.5 Å². The maximum absolute atomic E-state index is 12.1. The van der Waals surface area contributed by atoms with Crippen molar-refractivity contribution in [1.29, 1.82) is 0 Å². The normalized spacial score (nSPS) is 10.7. The van der Waals surface area contributed by atoms with E-state index in [2.05, 4.69) is 25.6 Å². The van der Waals surface area contributed by atoms with Gasteiger partial charge in [0.25, 0.3) is 5.24 Å². The van der Waals surface area contributed by atoms with Crippen LogP contribution in [0.5, 0.6) is 5.75 Å². The number of aliphatic hydroxyl groups is 2. The predicted octanol–water partition coefficient (Wildman–Crippen LogP) is 5.46. The number of anilines is 2. The number of carbonyl (C=O) groups excluding carboxylic acids is 4. The van der Waals surface area contributed by atoms with Crippen molar-refractivity contribution in [2.45, 2.75) is 0 Å². The fourth-order valence-electron chi connectivity index (χ4n) is 3.79. The monoisotopic (exact) mass is 837 g/mol. The van der Waals surface area contributed by atoms with Crippen LogP contribution in [-0.2, 0) is 4.79 Å². The molecule has 58 heavy (non-hydrogen) atoms. The van der Waals surface area contributed by atoms with Crippen molar-refractivity contribution in [3.8, 4) is 5.75 Å². The van der Waals surface area contributed by atoms with Gasteiger partial charge in [-0.1, -0.05) is 41.6 Å². The number of likely N-dealkylation sites (N-methyl/N-ethyl adjacent to an activating group) is 3. The number of nitrogens with one attached hydrogen (secondary N) is 2. The smallest absolute Gasteiger partial charge is 0.286 e. The summed E-state index contributed by atoms with van der Waals surface area (Å²) in [5, 5.41) is 21.8. The Morgan fingerprint density at radius 3 is 1.62 bits per heavy atom. The number of nitrogens with zero attached hydrogens (tertiary/aromatic N) is 5. The van der Waals surface area contributed by atoms with Crippen LogP contribution >= 0.6 is 23.4 Å². The molecule has 0 unspecified atom stereocenters. The Kier molecular flexibility index (Phi) is 28.0. The molecule has 310 valence electrons. The highest BCUT2D eigenvalue weighted by Crippen LogP contribution is 2.12. The molecule has 14 nitrogen and oxygen atoms in total. The summed E-state index contributed by atoms with van der Waals surface area (Å²) in [5.41, 5.74) is 1.15. The molecule has 0 bridgehead atoms. The summed E-state index contributed by atoms with van der Waals surface area (Å²) in [6.45, 7) is 3.01. The lowest BCUT2D eigenvalue weighted by atomic mass is 10.2. The van der Waals surface area contributed by atoms with E-state index >= 15 is 0 Å². The van der Waals surface area contributed by atoms with Crippen LogP contribution in [0.4, 0.5) is 20.8 Å². The molecule has 6 rings (SSSR count). The maximum Gasteiger partial charge on any atom is 0.286 e. The van der Waals surface area contributed by atoms with E-state index in [0.717, 1.165) is 42.0 Å². The van der Waals surface area contributed by atoms with Crippen molar-refractivity contribution >= 4 is 58.7 Å². The summed E-state index contributed by atoms with van der Waals surface area (Å²) >= 11 is 6.43. The topological polar surface area (TPSA) is 187 Å². The molecule has 4 N–H and O–H groups in total. The van der Waals surface area contributed by atoms with Crippen LogP contribution in [0.15, 0.2) is 122 Å². The van der Waals surface area contributed by atoms with Gasteiger partial charge in [-0.3, -0.25) is 24.5 Å². The van der Waals surface area contributed by atoms with Gasteiger partial charge in [0.15, 0.2) is 0 Å². The molecule has 4 heterocycles. The second kappa shape index (κ2) is 32.3. The van der Waals surface area contributed by atoms with Crippen LogP contribution in [0.25, 0.3) is 0 Å². The van der Waals surface area contributed by atoms with Crippen molar-refractivity contribution in [2.75, 3.05) is 76.2 Å². The van der Waals surface area contributed by atoms with E-state index in [1.807, 2.05) is 72.4 Å². The zero-order chi connectivity index (χ0) is 42.8. The Hall–Kier alpha value is -5.78. The molecule has 1 saturated heterocycles. The molecule has 5 aromatic rings. The minimum atomic E-state index is -0.319. The molecule has 1 fully saturated rings. The van der Waals surface area contributed by atoms with Crippen LogP contribution < -0.4 is 25.2 Å². The van der Waals surface area contributed by atoms with Gasteiger partial charge in [-0.25, -0.2) is 19.3 Å². The van der Waals surface area contributed by atoms with E-state index in [9.17, 15) is 23.6 Å². The first-order chi connectivity index (χ1) is 28.1. The molecule has 2 aromatic carbocycles.